The highest BCUT2D eigenvalue weighted by Gasteiger charge is 2.26. The molecule has 4 nitrogen and oxygen atoms in total. The standard InChI is InChI=1S/C10H10BrNO3/c1-14-9-3-2-6(11)4-7(9)8-5-15-10(13)12-8/h2-4,8H,5H2,1H3,(H,12,13)/t8-/m1/s1. The number of nitrogens with one attached hydrogen (secondary N) is 1. The second-order valence-electron chi connectivity index (χ2n) is 3.18. The number of carbonyl (C=O) groups excluding carboxylic acids is 1. The number of hydrogen-bond donors (Lipinski definition) is 1. The van der Waals surface area contributed by atoms with Gasteiger partial charge in [0.15, 0.2) is 0 Å². The fraction of sp³-hybridized carbons (Fsp3) is 0.300. The molecule has 1 N–H and O–H groups in total. The van der Waals surface area contributed by atoms with Crippen LogP contribution < -0.4 is 10.1 Å². The second-order valence-corrected chi connectivity index (χ2v) is 4.10. The first-order valence-electron chi connectivity index (χ1n) is 4.47. The highest BCUT2D eigenvalue weighted by Crippen LogP contribution is 2.30. The summed E-state index contributed by atoms with van der Waals surface area (Å²) in [5.41, 5.74) is 0.915. The van der Waals surface area contributed by atoms with Crippen LogP contribution in [-0.2, 0) is 4.74 Å². The van der Waals surface area contributed by atoms with E-state index in [1.165, 1.54) is 0 Å². The van der Waals surface area contributed by atoms with Crippen molar-refractivity contribution in [2.24, 2.45) is 0 Å². The normalized spacial score (nSPS) is 19.6. The number of cyclic esters (lactones) is 1. The van der Waals surface area contributed by atoms with Gasteiger partial charge in [0.05, 0.1) is 13.2 Å². The Hall–Kier alpha value is -1.23. The molecule has 5 heteroatoms. The number of rotatable bonds is 2. The Kier molecular flexibility index (Phi) is 2.81. The summed E-state index contributed by atoms with van der Waals surface area (Å²) in [6.07, 6.45) is -0.387. The van der Waals surface area contributed by atoms with E-state index < -0.39 is 0 Å². The number of amides is 1. The van der Waals surface area contributed by atoms with Crippen LogP contribution in [0.2, 0.25) is 0 Å². The Bertz CT molecular complexity index is 394. The molecule has 1 saturated heterocycles. The monoisotopic (exact) mass is 271 g/mol. The van der Waals surface area contributed by atoms with Crippen LogP contribution in [0.15, 0.2) is 22.7 Å². The lowest BCUT2D eigenvalue weighted by Crippen LogP contribution is -2.18. The summed E-state index contributed by atoms with van der Waals surface area (Å²) in [5.74, 6) is 0.744. The van der Waals surface area contributed by atoms with Gasteiger partial charge in [-0.3, -0.25) is 0 Å². The summed E-state index contributed by atoms with van der Waals surface area (Å²) in [6.45, 7) is 0.339. The molecule has 80 valence electrons. The van der Waals surface area contributed by atoms with E-state index in [1.54, 1.807) is 7.11 Å². The number of benzene rings is 1. The summed E-state index contributed by atoms with van der Waals surface area (Å²) in [6, 6.07) is 5.52. The van der Waals surface area contributed by atoms with Crippen molar-refractivity contribution in [3.05, 3.63) is 28.2 Å². The van der Waals surface area contributed by atoms with Crippen LogP contribution >= 0.6 is 15.9 Å². The number of methoxy groups -OCH3 is 1. The van der Waals surface area contributed by atoms with Gasteiger partial charge in [-0.2, -0.15) is 0 Å². The fourth-order valence-corrected chi connectivity index (χ4v) is 1.91. The molecule has 1 aliphatic rings. The van der Waals surface area contributed by atoms with Crippen molar-refractivity contribution in [1.29, 1.82) is 0 Å². The number of alkyl carbamates (subject to hydrolysis) is 1. The van der Waals surface area contributed by atoms with E-state index in [0.717, 1.165) is 15.8 Å². The van der Waals surface area contributed by atoms with E-state index in [1.807, 2.05) is 18.2 Å². The predicted octanol–water partition coefficient (Wildman–Crippen LogP) is 2.24. The summed E-state index contributed by atoms with van der Waals surface area (Å²) < 4.78 is 11.0. The molecule has 0 bridgehead atoms. The van der Waals surface area contributed by atoms with E-state index in [2.05, 4.69) is 21.2 Å². The zero-order valence-corrected chi connectivity index (χ0v) is 9.71. The van der Waals surface area contributed by atoms with Gasteiger partial charge in [0.25, 0.3) is 0 Å². The van der Waals surface area contributed by atoms with Crippen molar-refractivity contribution in [1.82, 2.24) is 5.32 Å². The molecule has 0 unspecified atom stereocenters. The Morgan fingerprint density at radius 2 is 2.40 bits per heavy atom. The van der Waals surface area contributed by atoms with Crippen molar-refractivity contribution in [2.75, 3.05) is 13.7 Å². The van der Waals surface area contributed by atoms with Crippen LogP contribution in [0.3, 0.4) is 0 Å². The zero-order valence-electron chi connectivity index (χ0n) is 8.12. The molecule has 1 aliphatic heterocycles. The van der Waals surface area contributed by atoms with Crippen LogP contribution in [0.5, 0.6) is 5.75 Å². The van der Waals surface area contributed by atoms with Gasteiger partial charge in [0.2, 0.25) is 0 Å². The number of ether oxygens (including phenoxy) is 2. The maximum Gasteiger partial charge on any atom is 0.407 e. The minimum absolute atomic E-state index is 0.134. The van der Waals surface area contributed by atoms with Gasteiger partial charge in [-0.15, -0.1) is 0 Å². The van der Waals surface area contributed by atoms with Gasteiger partial charge < -0.3 is 14.8 Å². The quantitative estimate of drug-likeness (QED) is 0.898. The molecule has 1 atom stereocenters. The number of hydrogen-bond acceptors (Lipinski definition) is 3. The molecule has 1 fully saturated rings. The van der Waals surface area contributed by atoms with E-state index in [0.29, 0.717) is 6.61 Å². The van der Waals surface area contributed by atoms with Crippen LogP contribution in [0.25, 0.3) is 0 Å². The Morgan fingerprint density at radius 3 is 3.00 bits per heavy atom. The van der Waals surface area contributed by atoms with Crippen LogP contribution in [0.1, 0.15) is 11.6 Å². The molecule has 1 aromatic carbocycles. The smallest absolute Gasteiger partial charge is 0.407 e. The van der Waals surface area contributed by atoms with Crippen molar-refractivity contribution in [2.45, 2.75) is 6.04 Å². The third-order valence-corrected chi connectivity index (χ3v) is 2.73. The first kappa shape index (κ1) is 10.3. The molecule has 2 rings (SSSR count). The molecule has 0 aliphatic carbocycles. The SMILES string of the molecule is COc1ccc(Br)cc1[C@H]1COC(=O)N1. The maximum atomic E-state index is 10.9. The van der Waals surface area contributed by atoms with Gasteiger partial charge in [0.1, 0.15) is 12.4 Å². The Labute approximate surface area is 95.7 Å². The van der Waals surface area contributed by atoms with Crippen molar-refractivity contribution in [3.8, 4) is 5.75 Å². The molecule has 0 saturated carbocycles. The number of carbonyl (C=O) groups is 1. The molecule has 1 aromatic rings. The Balaban J connectivity index is 2.33. The van der Waals surface area contributed by atoms with E-state index in [-0.39, 0.29) is 12.1 Å². The first-order valence-corrected chi connectivity index (χ1v) is 5.26. The Morgan fingerprint density at radius 1 is 1.60 bits per heavy atom. The largest absolute Gasteiger partial charge is 0.496 e. The van der Waals surface area contributed by atoms with Crippen LogP contribution in [-0.4, -0.2) is 19.8 Å². The molecule has 0 aromatic heterocycles. The van der Waals surface area contributed by atoms with Gasteiger partial charge in [-0.1, -0.05) is 15.9 Å². The predicted molar refractivity (Wildman–Crippen MR) is 57.9 cm³/mol. The molecular formula is C10H10BrNO3. The molecule has 1 amide bonds. The lowest BCUT2D eigenvalue weighted by molar-refractivity contribution is 0.177. The fourth-order valence-electron chi connectivity index (χ4n) is 1.53. The van der Waals surface area contributed by atoms with Gasteiger partial charge in [-0.05, 0) is 18.2 Å². The molecule has 0 radical (unpaired) electrons. The third kappa shape index (κ3) is 2.07. The minimum Gasteiger partial charge on any atom is -0.496 e. The van der Waals surface area contributed by atoms with Gasteiger partial charge in [0, 0.05) is 10.0 Å². The zero-order chi connectivity index (χ0) is 10.8. The lowest BCUT2D eigenvalue weighted by Gasteiger charge is -2.12. The summed E-state index contributed by atoms with van der Waals surface area (Å²) in [5, 5.41) is 2.71. The van der Waals surface area contributed by atoms with E-state index >= 15 is 0 Å². The van der Waals surface area contributed by atoms with E-state index in [9.17, 15) is 4.79 Å². The molecule has 0 spiro atoms. The topological polar surface area (TPSA) is 47.6 Å². The van der Waals surface area contributed by atoms with Crippen molar-refractivity contribution < 1.29 is 14.3 Å². The summed E-state index contributed by atoms with van der Waals surface area (Å²) >= 11 is 3.38. The highest BCUT2D eigenvalue weighted by atomic mass is 79.9. The summed E-state index contributed by atoms with van der Waals surface area (Å²) in [7, 11) is 1.60. The average Bonchev–Trinajstić information content (AvgIpc) is 2.65. The number of halogens is 1. The van der Waals surface area contributed by atoms with Gasteiger partial charge in [-0.25, -0.2) is 4.79 Å². The van der Waals surface area contributed by atoms with E-state index in [4.69, 9.17) is 9.47 Å². The lowest BCUT2D eigenvalue weighted by atomic mass is 10.1. The van der Waals surface area contributed by atoms with Crippen molar-refractivity contribution >= 4 is 22.0 Å². The molecule has 1 heterocycles. The first-order chi connectivity index (χ1) is 7.20. The molecular weight excluding hydrogens is 262 g/mol. The van der Waals surface area contributed by atoms with Crippen molar-refractivity contribution in [3.63, 3.8) is 0 Å². The third-order valence-electron chi connectivity index (χ3n) is 2.24. The summed E-state index contributed by atoms with van der Waals surface area (Å²) in [4.78, 5) is 10.9. The second kappa shape index (κ2) is 4.10. The minimum atomic E-state index is -0.387. The average molecular weight is 272 g/mol. The van der Waals surface area contributed by atoms with Crippen LogP contribution in [0.4, 0.5) is 4.79 Å². The molecule has 15 heavy (non-hydrogen) atoms. The highest BCUT2D eigenvalue weighted by molar-refractivity contribution is 9.10. The van der Waals surface area contributed by atoms with Gasteiger partial charge >= 0.3 is 6.09 Å². The maximum absolute atomic E-state index is 10.9. The van der Waals surface area contributed by atoms with Crippen LogP contribution in [0, 0.1) is 0 Å².